The summed E-state index contributed by atoms with van der Waals surface area (Å²) in [6.07, 6.45) is 1.54. The summed E-state index contributed by atoms with van der Waals surface area (Å²) in [5, 5.41) is 18.4. The van der Waals surface area contributed by atoms with Crippen molar-refractivity contribution in [2.75, 3.05) is 0 Å². The summed E-state index contributed by atoms with van der Waals surface area (Å²) in [4.78, 5) is 4.14. The minimum absolute atomic E-state index is 0.0129. The van der Waals surface area contributed by atoms with Gasteiger partial charge in [-0.15, -0.1) is 0 Å². The Hall–Kier alpha value is -2.34. The van der Waals surface area contributed by atoms with Crippen LogP contribution >= 0.6 is 0 Å². The molecule has 1 rings (SSSR count). The van der Waals surface area contributed by atoms with E-state index in [0.29, 0.717) is 22.5 Å². The van der Waals surface area contributed by atoms with Gasteiger partial charge in [-0.3, -0.25) is 4.99 Å². The third-order valence-corrected chi connectivity index (χ3v) is 1.91. The summed E-state index contributed by atoms with van der Waals surface area (Å²) < 4.78 is 0. The zero-order chi connectivity index (χ0) is 12.1. The van der Waals surface area contributed by atoms with Crippen LogP contribution in [0.4, 0.5) is 0 Å². The van der Waals surface area contributed by atoms with E-state index < -0.39 is 0 Å². The molecule has 0 atom stereocenters. The van der Waals surface area contributed by atoms with Crippen LogP contribution in [-0.4, -0.2) is 10.8 Å². The van der Waals surface area contributed by atoms with Crippen molar-refractivity contribution < 1.29 is 5.11 Å². The zero-order valence-electron chi connectivity index (χ0n) is 9.07. The predicted octanol–water partition coefficient (Wildman–Crippen LogP) is 2.77. The van der Waals surface area contributed by atoms with Crippen LogP contribution in [0.2, 0.25) is 0 Å². The highest BCUT2D eigenvalue weighted by atomic mass is 16.3. The van der Waals surface area contributed by atoms with Gasteiger partial charge in [-0.2, -0.15) is 5.26 Å². The van der Waals surface area contributed by atoms with Crippen LogP contribution in [0.25, 0.3) is 0 Å². The summed E-state index contributed by atoms with van der Waals surface area (Å²) in [5.74, 6) is 0.0129. The topological polar surface area (TPSA) is 56.4 Å². The summed E-state index contributed by atoms with van der Waals surface area (Å²) in [6.45, 7) is 9.04. The fourth-order valence-electron chi connectivity index (χ4n) is 1.24. The Morgan fingerprint density at radius 1 is 1.56 bits per heavy atom. The van der Waals surface area contributed by atoms with Gasteiger partial charge >= 0.3 is 0 Å². The van der Waals surface area contributed by atoms with Crippen molar-refractivity contribution in [2.24, 2.45) is 4.99 Å². The fraction of sp³-hybridized carbons (Fsp3) is 0.0769. The largest absolute Gasteiger partial charge is 0.507 e. The average Bonchev–Trinajstić information content (AvgIpc) is 2.25. The van der Waals surface area contributed by atoms with Gasteiger partial charge in [0.15, 0.2) is 0 Å². The maximum absolute atomic E-state index is 9.73. The standard InChI is InChI=1S/C13H12N2O/c1-4-12(15-9(2)3)11-6-5-10(8-14)7-13(11)16/h4-7,16H,1-2H2,3H3. The molecule has 80 valence electrons. The zero-order valence-corrected chi connectivity index (χ0v) is 9.07. The van der Waals surface area contributed by atoms with E-state index in [9.17, 15) is 5.11 Å². The first-order valence-electron chi connectivity index (χ1n) is 4.68. The lowest BCUT2D eigenvalue weighted by Crippen LogP contribution is -1.97. The molecule has 3 heteroatoms. The maximum atomic E-state index is 9.73. The number of phenols is 1. The van der Waals surface area contributed by atoms with E-state index in [1.54, 1.807) is 19.1 Å². The lowest BCUT2D eigenvalue weighted by Gasteiger charge is -2.04. The Bertz CT molecular complexity index is 507. The molecular formula is C13H12N2O. The molecule has 0 bridgehead atoms. The first-order valence-corrected chi connectivity index (χ1v) is 4.68. The van der Waals surface area contributed by atoms with Gasteiger partial charge < -0.3 is 5.11 Å². The number of allylic oxidation sites excluding steroid dienone is 2. The van der Waals surface area contributed by atoms with E-state index >= 15 is 0 Å². The van der Waals surface area contributed by atoms with Gasteiger partial charge in [-0.25, -0.2) is 0 Å². The summed E-state index contributed by atoms with van der Waals surface area (Å²) in [7, 11) is 0. The Morgan fingerprint density at radius 2 is 2.25 bits per heavy atom. The first kappa shape index (κ1) is 11.7. The van der Waals surface area contributed by atoms with E-state index in [-0.39, 0.29) is 5.75 Å². The van der Waals surface area contributed by atoms with Crippen LogP contribution in [0.1, 0.15) is 18.1 Å². The number of nitriles is 1. The van der Waals surface area contributed by atoms with Gasteiger partial charge in [-0.05, 0) is 31.2 Å². The van der Waals surface area contributed by atoms with E-state index in [1.165, 1.54) is 12.1 Å². The third-order valence-electron chi connectivity index (χ3n) is 1.91. The van der Waals surface area contributed by atoms with Gasteiger partial charge in [0, 0.05) is 11.3 Å². The van der Waals surface area contributed by atoms with Gasteiger partial charge in [-0.1, -0.05) is 13.2 Å². The Kier molecular flexibility index (Phi) is 3.62. The lowest BCUT2D eigenvalue weighted by atomic mass is 10.1. The van der Waals surface area contributed by atoms with E-state index in [1.807, 2.05) is 6.07 Å². The van der Waals surface area contributed by atoms with Crippen LogP contribution in [0, 0.1) is 11.3 Å². The second kappa shape index (κ2) is 4.94. The number of aromatic hydroxyl groups is 1. The van der Waals surface area contributed by atoms with Crippen molar-refractivity contribution in [3.8, 4) is 11.8 Å². The lowest BCUT2D eigenvalue weighted by molar-refractivity contribution is 0.474. The van der Waals surface area contributed by atoms with Crippen molar-refractivity contribution in [3.05, 3.63) is 54.3 Å². The Morgan fingerprint density at radius 3 is 2.69 bits per heavy atom. The van der Waals surface area contributed by atoms with Crippen LogP contribution in [-0.2, 0) is 0 Å². The van der Waals surface area contributed by atoms with Crippen molar-refractivity contribution in [2.45, 2.75) is 6.92 Å². The average molecular weight is 212 g/mol. The predicted molar refractivity (Wildman–Crippen MR) is 64.4 cm³/mol. The molecule has 0 radical (unpaired) electrons. The van der Waals surface area contributed by atoms with Crippen molar-refractivity contribution in [1.82, 2.24) is 0 Å². The summed E-state index contributed by atoms with van der Waals surface area (Å²) in [6, 6.07) is 6.60. The maximum Gasteiger partial charge on any atom is 0.126 e. The molecule has 0 aliphatic carbocycles. The minimum atomic E-state index is 0.0129. The number of hydrogen-bond donors (Lipinski definition) is 1. The highest BCUT2D eigenvalue weighted by molar-refractivity contribution is 6.10. The smallest absolute Gasteiger partial charge is 0.126 e. The van der Waals surface area contributed by atoms with Crippen LogP contribution in [0.15, 0.2) is 48.1 Å². The van der Waals surface area contributed by atoms with Crippen LogP contribution < -0.4 is 0 Å². The number of aliphatic imine (C=N–C) groups is 1. The monoisotopic (exact) mass is 212 g/mol. The molecule has 1 aromatic rings. The number of nitrogens with zero attached hydrogens (tertiary/aromatic N) is 2. The molecule has 0 aliphatic heterocycles. The highest BCUT2D eigenvalue weighted by Crippen LogP contribution is 2.20. The van der Waals surface area contributed by atoms with Crippen molar-refractivity contribution in [1.29, 1.82) is 5.26 Å². The quantitative estimate of drug-likeness (QED) is 0.783. The number of phenolic OH excluding ortho intramolecular Hbond substituents is 1. The number of hydrogen-bond acceptors (Lipinski definition) is 3. The molecule has 0 unspecified atom stereocenters. The molecular weight excluding hydrogens is 200 g/mol. The van der Waals surface area contributed by atoms with Crippen molar-refractivity contribution in [3.63, 3.8) is 0 Å². The second-order valence-corrected chi connectivity index (χ2v) is 3.28. The minimum Gasteiger partial charge on any atom is -0.507 e. The molecule has 0 saturated carbocycles. The van der Waals surface area contributed by atoms with Crippen LogP contribution in [0.3, 0.4) is 0 Å². The normalized spacial score (nSPS) is 10.6. The molecule has 0 amide bonds. The Balaban J connectivity index is 3.28. The molecule has 3 nitrogen and oxygen atoms in total. The van der Waals surface area contributed by atoms with E-state index in [0.717, 1.165) is 0 Å². The SMILES string of the molecule is C=CC(=NC(=C)C)c1ccc(C#N)cc1O. The molecule has 0 heterocycles. The molecule has 1 aromatic carbocycles. The highest BCUT2D eigenvalue weighted by Gasteiger charge is 2.06. The Labute approximate surface area is 94.7 Å². The van der Waals surface area contributed by atoms with E-state index in [2.05, 4.69) is 18.2 Å². The van der Waals surface area contributed by atoms with Gasteiger partial charge in [0.25, 0.3) is 0 Å². The third kappa shape index (κ3) is 2.58. The number of benzene rings is 1. The molecule has 1 N–H and O–H groups in total. The second-order valence-electron chi connectivity index (χ2n) is 3.28. The van der Waals surface area contributed by atoms with Gasteiger partial charge in [0.05, 0.1) is 17.3 Å². The first-order chi connectivity index (χ1) is 7.58. The molecule has 0 aromatic heterocycles. The molecule has 0 aliphatic rings. The number of rotatable bonds is 3. The van der Waals surface area contributed by atoms with Gasteiger partial charge in [0.1, 0.15) is 5.75 Å². The van der Waals surface area contributed by atoms with Crippen molar-refractivity contribution >= 4 is 5.71 Å². The summed E-state index contributed by atoms with van der Waals surface area (Å²) >= 11 is 0. The molecule has 16 heavy (non-hydrogen) atoms. The summed E-state index contributed by atoms with van der Waals surface area (Å²) in [5.41, 5.74) is 2.10. The van der Waals surface area contributed by atoms with E-state index in [4.69, 9.17) is 5.26 Å². The van der Waals surface area contributed by atoms with Crippen LogP contribution in [0.5, 0.6) is 5.75 Å². The molecule has 0 saturated heterocycles. The fourth-order valence-corrected chi connectivity index (χ4v) is 1.24. The molecule has 0 spiro atoms. The van der Waals surface area contributed by atoms with Gasteiger partial charge in [0.2, 0.25) is 0 Å². The molecule has 0 fully saturated rings.